The van der Waals surface area contributed by atoms with E-state index in [0.29, 0.717) is 17.4 Å². The van der Waals surface area contributed by atoms with Gasteiger partial charge in [-0.2, -0.15) is 13.2 Å². The number of pyridine rings is 1. The van der Waals surface area contributed by atoms with Gasteiger partial charge >= 0.3 is 6.18 Å². The summed E-state index contributed by atoms with van der Waals surface area (Å²) in [5.74, 6) is 0.266. The van der Waals surface area contributed by atoms with Gasteiger partial charge in [-0.3, -0.25) is 4.79 Å². The third-order valence-corrected chi connectivity index (χ3v) is 4.96. The van der Waals surface area contributed by atoms with E-state index in [-0.39, 0.29) is 55.1 Å². The lowest BCUT2D eigenvalue weighted by Gasteiger charge is -2.27. The van der Waals surface area contributed by atoms with Gasteiger partial charge in [0.1, 0.15) is 0 Å². The lowest BCUT2D eigenvalue weighted by atomic mass is 9.84. The molecule has 0 aliphatic heterocycles. The molecule has 1 amide bonds. The normalized spacial score (nSPS) is 26.6. The maximum atomic E-state index is 12.4. The number of hydrogen-bond donors (Lipinski definition) is 2. The van der Waals surface area contributed by atoms with Gasteiger partial charge in [0.25, 0.3) is 0 Å². The Morgan fingerprint density at radius 1 is 1.31 bits per heavy atom. The van der Waals surface area contributed by atoms with Crippen molar-refractivity contribution >= 4 is 30.7 Å². The van der Waals surface area contributed by atoms with Gasteiger partial charge in [-0.05, 0) is 37.2 Å². The number of aromatic nitrogens is 1. The van der Waals surface area contributed by atoms with Crippen LogP contribution in [-0.2, 0) is 11.3 Å². The number of ether oxygens (including phenoxy) is 1. The Labute approximate surface area is 162 Å². The first-order chi connectivity index (χ1) is 11.3. The molecule has 1 aromatic heterocycles. The molecule has 148 valence electrons. The van der Waals surface area contributed by atoms with Crippen molar-refractivity contribution in [2.75, 3.05) is 6.61 Å². The standard InChI is InChI=1S/C16H20F3N3O2.2ClH/c17-16(18,19)8-24-15-11(2-1-5-21-15)7-22-14(23)12-9-3-4-10(6-9)13(12)20;;/h1-2,5,9-10,12-13H,3-4,6-8,20H2,(H,22,23);2*1H. The number of hydrogen-bond acceptors (Lipinski definition) is 4. The van der Waals surface area contributed by atoms with Crippen molar-refractivity contribution in [2.45, 2.75) is 38.0 Å². The number of rotatable bonds is 5. The zero-order valence-corrected chi connectivity index (χ0v) is 15.5. The van der Waals surface area contributed by atoms with Crippen molar-refractivity contribution in [3.05, 3.63) is 23.9 Å². The van der Waals surface area contributed by atoms with Crippen molar-refractivity contribution < 1.29 is 22.7 Å². The van der Waals surface area contributed by atoms with Crippen LogP contribution in [0.3, 0.4) is 0 Å². The van der Waals surface area contributed by atoms with Crippen molar-refractivity contribution in [3.8, 4) is 5.88 Å². The number of nitrogens with zero attached hydrogens (tertiary/aromatic N) is 1. The van der Waals surface area contributed by atoms with Crippen LogP contribution in [0.4, 0.5) is 13.2 Å². The van der Waals surface area contributed by atoms with Gasteiger partial charge < -0.3 is 15.8 Å². The minimum Gasteiger partial charge on any atom is -0.468 e. The third-order valence-electron chi connectivity index (χ3n) is 4.96. The van der Waals surface area contributed by atoms with Crippen LogP contribution in [0.15, 0.2) is 18.3 Å². The molecular formula is C16H22Cl2F3N3O2. The second kappa shape index (κ2) is 9.10. The highest BCUT2D eigenvalue weighted by atomic mass is 35.5. The number of halogens is 5. The second-order valence-corrected chi connectivity index (χ2v) is 6.53. The molecule has 2 saturated carbocycles. The minimum atomic E-state index is -4.44. The van der Waals surface area contributed by atoms with E-state index in [4.69, 9.17) is 10.5 Å². The van der Waals surface area contributed by atoms with Gasteiger partial charge in [0.15, 0.2) is 6.61 Å². The van der Waals surface area contributed by atoms with Crippen molar-refractivity contribution in [3.63, 3.8) is 0 Å². The fraction of sp³-hybridized carbons (Fsp3) is 0.625. The van der Waals surface area contributed by atoms with Gasteiger partial charge in [-0.25, -0.2) is 4.98 Å². The van der Waals surface area contributed by atoms with Gasteiger partial charge in [0.2, 0.25) is 11.8 Å². The molecule has 10 heteroatoms. The van der Waals surface area contributed by atoms with Gasteiger partial charge in [-0.15, -0.1) is 24.8 Å². The fourth-order valence-electron chi connectivity index (χ4n) is 3.86. The van der Waals surface area contributed by atoms with Gasteiger partial charge in [0.05, 0.1) is 5.92 Å². The molecule has 2 aliphatic carbocycles. The van der Waals surface area contributed by atoms with Crippen LogP contribution in [-0.4, -0.2) is 29.7 Å². The molecule has 26 heavy (non-hydrogen) atoms. The van der Waals surface area contributed by atoms with Crippen molar-refractivity contribution in [1.29, 1.82) is 0 Å². The quantitative estimate of drug-likeness (QED) is 0.774. The molecule has 0 saturated heterocycles. The summed E-state index contributed by atoms with van der Waals surface area (Å²) in [7, 11) is 0. The Kier molecular flexibility index (Phi) is 7.98. The summed E-state index contributed by atoms with van der Waals surface area (Å²) in [6.45, 7) is -1.34. The lowest BCUT2D eigenvalue weighted by Crippen LogP contribution is -2.45. The van der Waals surface area contributed by atoms with E-state index < -0.39 is 12.8 Å². The molecule has 4 unspecified atom stereocenters. The number of carbonyl (C=O) groups is 1. The predicted molar refractivity (Wildman–Crippen MR) is 94.4 cm³/mol. The fourth-order valence-corrected chi connectivity index (χ4v) is 3.86. The highest BCUT2D eigenvalue weighted by molar-refractivity contribution is 5.85. The Bertz CT molecular complexity index is 617. The monoisotopic (exact) mass is 415 g/mol. The first-order valence-electron chi connectivity index (χ1n) is 8.02. The number of amides is 1. The van der Waals surface area contributed by atoms with Crippen LogP contribution in [0.1, 0.15) is 24.8 Å². The molecule has 5 nitrogen and oxygen atoms in total. The average Bonchev–Trinajstić information content (AvgIpc) is 3.11. The highest BCUT2D eigenvalue weighted by Gasteiger charge is 2.48. The van der Waals surface area contributed by atoms with Crippen LogP contribution in [0.5, 0.6) is 5.88 Å². The van der Waals surface area contributed by atoms with Crippen LogP contribution in [0.2, 0.25) is 0 Å². The van der Waals surface area contributed by atoms with E-state index >= 15 is 0 Å². The maximum Gasteiger partial charge on any atom is 0.422 e. The summed E-state index contributed by atoms with van der Waals surface area (Å²) < 4.78 is 41.6. The van der Waals surface area contributed by atoms with Crippen LogP contribution in [0, 0.1) is 17.8 Å². The zero-order valence-electron chi connectivity index (χ0n) is 13.9. The summed E-state index contributed by atoms with van der Waals surface area (Å²) >= 11 is 0. The van der Waals surface area contributed by atoms with Crippen LogP contribution < -0.4 is 15.8 Å². The van der Waals surface area contributed by atoms with Crippen molar-refractivity contribution in [1.82, 2.24) is 10.3 Å². The number of fused-ring (bicyclic) bond motifs is 2. The van der Waals surface area contributed by atoms with Crippen molar-refractivity contribution in [2.24, 2.45) is 23.5 Å². The van der Waals surface area contributed by atoms with Crippen LogP contribution in [0.25, 0.3) is 0 Å². The molecule has 2 aliphatic rings. The molecule has 2 fully saturated rings. The van der Waals surface area contributed by atoms with Gasteiger partial charge in [-0.1, -0.05) is 6.07 Å². The SMILES string of the molecule is Cl.Cl.NC1C2CCC(C2)C1C(=O)NCc1cccnc1OCC(F)(F)F. The summed E-state index contributed by atoms with van der Waals surface area (Å²) in [6, 6.07) is 3.05. The molecule has 0 radical (unpaired) electrons. The minimum absolute atomic E-state index is 0. The van der Waals surface area contributed by atoms with Gasteiger partial charge in [0, 0.05) is 24.3 Å². The molecule has 4 atom stereocenters. The van der Waals surface area contributed by atoms with E-state index in [2.05, 4.69) is 10.3 Å². The molecule has 0 spiro atoms. The van der Waals surface area contributed by atoms with E-state index in [9.17, 15) is 18.0 Å². The number of nitrogens with two attached hydrogens (primary N) is 1. The molecule has 2 bridgehead atoms. The Hall–Kier alpha value is -1.25. The summed E-state index contributed by atoms with van der Waals surface area (Å²) in [4.78, 5) is 16.2. The molecular weight excluding hydrogens is 394 g/mol. The Morgan fingerprint density at radius 3 is 2.62 bits per heavy atom. The first kappa shape index (κ1) is 22.8. The molecule has 1 aromatic rings. The smallest absolute Gasteiger partial charge is 0.422 e. The van der Waals surface area contributed by atoms with E-state index in [1.165, 1.54) is 6.20 Å². The Morgan fingerprint density at radius 2 is 2.00 bits per heavy atom. The van der Waals surface area contributed by atoms with E-state index in [0.717, 1.165) is 19.3 Å². The Balaban J connectivity index is 0.00000169. The number of nitrogens with one attached hydrogen (secondary N) is 1. The summed E-state index contributed by atoms with van der Waals surface area (Å²) in [5, 5.41) is 2.77. The number of alkyl halides is 3. The summed E-state index contributed by atoms with van der Waals surface area (Å²) in [5.41, 5.74) is 6.55. The third kappa shape index (κ3) is 5.14. The largest absolute Gasteiger partial charge is 0.468 e. The number of carbonyl (C=O) groups excluding carboxylic acids is 1. The molecule has 0 aromatic carbocycles. The maximum absolute atomic E-state index is 12.4. The molecule has 1 heterocycles. The molecule has 3 rings (SSSR count). The average molecular weight is 416 g/mol. The van der Waals surface area contributed by atoms with E-state index in [1.54, 1.807) is 12.1 Å². The van der Waals surface area contributed by atoms with E-state index in [1.807, 2.05) is 0 Å². The highest BCUT2D eigenvalue weighted by Crippen LogP contribution is 2.47. The first-order valence-corrected chi connectivity index (χ1v) is 8.02. The lowest BCUT2D eigenvalue weighted by molar-refractivity contribution is -0.154. The molecule has 3 N–H and O–H groups in total. The second-order valence-electron chi connectivity index (χ2n) is 6.53. The predicted octanol–water partition coefficient (Wildman–Crippen LogP) is 2.86. The topological polar surface area (TPSA) is 77.2 Å². The van der Waals surface area contributed by atoms with Crippen LogP contribution >= 0.6 is 24.8 Å². The zero-order chi connectivity index (χ0) is 17.3. The summed E-state index contributed by atoms with van der Waals surface area (Å²) in [6.07, 6.45) is -0.000204.